The van der Waals surface area contributed by atoms with Crippen LogP contribution in [0, 0.1) is 0 Å². The van der Waals surface area contributed by atoms with Gasteiger partial charge >= 0.3 is 7.69 Å². The van der Waals surface area contributed by atoms with Crippen molar-refractivity contribution in [1.29, 1.82) is 0 Å². The predicted octanol–water partition coefficient (Wildman–Crippen LogP) is 5.69. The Morgan fingerprint density at radius 2 is 1.38 bits per heavy atom. The lowest BCUT2D eigenvalue weighted by Crippen LogP contribution is -2.10. The first-order valence-electron chi connectivity index (χ1n) is 9.44. The van der Waals surface area contributed by atoms with E-state index in [9.17, 15) is 0 Å². The van der Waals surface area contributed by atoms with Gasteiger partial charge in [-0.05, 0) is 48.5 Å². The maximum Gasteiger partial charge on any atom is 0.504 e. The summed E-state index contributed by atoms with van der Waals surface area (Å²) in [4.78, 5) is 2.16. The molecule has 0 fully saturated rings. The van der Waals surface area contributed by atoms with Crippen molar-refractivity contribution in [3.63, 3.8) is 0 Å². The lowest BCUT2D eigenvalue weighted by atomic mass is 10.1. The molecule has 140 valence electrons. The van der Waals surface area contributed by atoms with Gasteiger partial charge in [-0.1, -0.05) is 48.5 Å². The summed E-state index contributed by atoms with van der Waals surface area (Å²) >= 11 is 0. The van der Waals surface area contributed by atoms with E-state index in [1.807, 2.05) is 60.7 Å². The van der Waals surface area contributed by atoms with Gasteiger partial charge in [-0.2, -0.15) is 0 Å². The number of para-hydroxylation sites is 3. The molecular formula is C24H18BNO3. The third-order valence-corrected chi connectivity index (χ3v) is 4.96. The van der Waals surface area contributed by atoms with Crippen LogP contribution in [0.4, 0.5) is 17.1 Å². The molecule has 0 spiro atoms. The Bertz CT molecular complexity index is 1270. The number of hydrogen-bond acceptors (Lipinski definition) is 4. The third-order valence-electron chi connectivity index (χ3n) is 4.96. The summed E-state index contributed by atoms with van der Waals surface area (Å²) in [6.45, 7) is 0. The van der Waals surface area contributed by atoms with Gasteiger partial charge in [0, 0.05) is 22.1 Å². The van der Waals surface area contributed by atoms with Crippen LogP contribution in [-0.4, -0.2) is 12.7 Å². The highest BCUT2D eigenvalue weighted by atomic mass is 16.5. The molecule has 0 aliphatic heterocycles. The lowest BCUT2D eigenvalue weighted by molar-refractivity contribution is 0.454. The van der Waals surface area contributed by atoms with Crippen LogP contribution in [0.5, 0.6) is 5.75 Å². The van der Waals surface area contributed by atoms with Gasteiger partial charge in [0.25, 0.3) is 0 Å². The van der Waals surface area contributed by atoms with E-state index in [2.05, 4.69) is 41.3 Å². The second-order valence-electron chi connectivity index (χ2n) is 6.69. The number of anilines is 3. The fourth-order valence-corrected chi connectivity index (χ4v) is 3.68. The van der Waals surface area contributed by atoms with Crippen LogP contribution in [0.15, 0.2) is 101 Å². The molecule has 0 amide bonds. The van der Waals surface area contributed by atoms with Gasteiger partial charge in [-0.3, -0.25) is 0 Å². The van der Waals surface area contributed by atoms with E-state index in [0.717, 1.165) is 39.0 Å². The number of benzene rings is 4. The Labute approximate surface area is 168 Å². The van der Waals surface area contributed by atoms with Crippen molar-refractivity contribution in [3.8, 4) is 5.75 Å². The number of hydrogen-bond donors (Lipinski definition) is 1. The average Bonchev–Trinajstić information content (AvgIpc) is 3.16. The van der Waals surface area contributed by atoms with E-state index in [0.29, 0.717) is 5.75 Å². The molecule has 5 rings (SSSR count). The number of rotatable bonds is 5. The van der Waals surface area contributed by atoms with Gasteiger partial charge in [0.15, 0.2) is 5.58 Å². The van der Waals surface area contributed by atoms with Crippen molar-refractivity contribution >= 4 is 46.7 Å². The quantitative estimate of drug-likeness (QED) is 0.398. The molecule has 0 aliphatic carbocycles. The number of nitrogens with zero attached hydrogens (tertiary/aromatic N) is 1. The standard InChI is InChI=1S/C24H18BNO3/c27-25-29-19-15-13-18(14-16-19)26(17-7-2-1-3-8-17)22-11-6-10-21-20-9-4-5-12-23(20)28-24(21)22/h1-16,25,27H. The van der Waals surface area contributed by atoms with E-state index in [4.69, 9.17) is 14.1 Å². The summed E-state index contributed by atoms with van der Waals surface area (Å²) in [5.74, 6) is 0.617. The van der Waals surface area contributed by atoms with E-state index in [1.165, 1.54) is 0 Å². The molecule has 1 N–H and O–H groups in total. The minimum atomic E-state index is -0.347. The molecule has 0 saturated carbocycles. The first kappa shape index (κ1) is 17.4. The van der Waals surface area contributed by atoms with E-state index >= 15 is 0 Å². The minimum absolute atomic E-state index is 0.347. The normalized spacial score (nSPS) is 10.9. The average molecular weight is 379 g/mol. The van der Waals surface area contributed by atoms with E-state index in [-0.39, 0.29) is 7.69 Å². The first-order valence-corrected chi connectivity index (χ1v) is 9.44. The second kappa shape index (κ2) is 7.38. The van der Waals surface area contributed by atoms with Crippen molar-refractivity contribution in [2.24, 2.45) is 0 Å². The molecule has 0 saturated heterocycles. The lowest BCUT2D eigenvalue weighted by Gasteiger charge is -2.25. The SMILES string of the molecule is OBOc1ccc(N(c2ccccc2)c2cccc3c2oc2ccccc23)cc1. The largest absolute Gasteiger partial charge is 0.539 e. The van der Waals surface area contributed by atoms with Crippen LogP contribution in [0.25, 0.3) is 21.9 Å². The second-order valence-corrected chi connectivity index (χ2v) is 6.69. The third kappa shape index (κ3) is 3.11. The predicted molar refractivity (Wildman–Crippen MR) is 118 cm³/mol. The summed E-state index contributed by atoms with van der Waals surface area (Å²) in [6.07, 6.45) is 0. The van der Waals surface area contributed by atoms with Crippen molar-refractivity contribution < 1.29 is 14.1 Å². The molecule has 1 aromatic heterocycles. The topological polar surface area (TPSA) is 45.8 Å². The molecule has 0 unspecified atom stereocenters. The van der Waals surface area contributed by atoms with Gasteiger partial charge in [-0.25, -0.2) is 0 Å². The molecule has 0 atom stereocenters. The molecule has 0 radical (unpaired) electrons. The van der Waals surface area contributed by atoms with E-state index < -0.39 is 0 Å². The molecule has 4 nitrogen and oxygen atoms in total. The van der Waals surface area contributed by atoms with Gasteiger partial charge in [0.1, 0.15) is 11.3 Å². The fraction of sp³-hybridized carbons (Fsp3) is 0. The zero-order valence-electron chi connectivity index (χ0n) is 15.7. The summed E-state index contributed by atoms with van der Waals surface area (Å²) < 4.78 is 11.5. The number of fused-ring (bicyclic) bond motifs is 3. The smallest absolute Gasteiger partial charge is 0.504 e. The first-order chi connectivity index (χ1) is 14.3. The maximum atomic E-state index is 9.00. The molecule has 0 bridgehead atoms. The molecular weight excluding hydrogens is 361 g/mol. The van der Waals surface area contributed by atoms with Crippen LogP contribution in [0.3, 0.4) is 0 Å². The Hall–Kier alpha value is -3.70. The van der Waals surface area contributed by atoms with Crippen molar-refractivity contribution in [2.45, 2.75) is 0 Å². The van der Waals surface area contributed by atoms with Crippen LogP contribution in [0.1, 0.15) is 0 Å². The van der Waals surface area contributed by atoms with Crippen LogP contribution < -0.4 is 9.55 Å². The fourth-order valence-electron chi connectivity index (χ4n) is 3.68. The molecule has 0 aliphatic rings. The van der Waals surface area contributed by atoms with Gasteiger partial charge in [0.2, 0.25) is 0 Å². The highest BCUT2D eigenvalue weighted by molar-refractivity contribution is 6.17. The highest BCUT2D eigenvalue weighted by Gasteiger charge is 2.18. The maximum absolute atomic E-state index is 9.00. The highest BCUT2D eigenvalue weighted by Crippen LogP contribution is 2.41. The van der Waals surface area contributed by atoms with Gasteiger partial charge in [0.05, 0.1) is 5.69 Å². The van der Waals surface area contributed by atoms with Crippen molar-refractivity contribution in [3.05, 3.63) is 97.1 Å². The summed E-state index contributed by atoms with van der Waals surface area (Å²) in [5.41, 5.74) is 4.66. The molecule has 5 heteroatoms. The Balaban J connectivity index is 1.73. The molecule has 29 heavy (non-hydrogen) atoms. The summed E-state index contributed by atoms with van der Waals surface area (Å²) in [5, 5.41) is 11.2. The number of furan rings is 1. The zero-order valence-corrected chi connectivity index (χ0v) is 15.7. The summed E-state index contributed by atoms with van der Waals surface area (Å²) in [7, 11) is -0.347. The summed E-state index contributed by atoms with van der Waals surface area (Å²) in [6, 6.07) is 32.1. The minimum Gasteiger partial charge on any atom is -0.539 e. The van der Waals surface area contributed by atoms with Crippen molar-refractivity contribution in [1.82, 2.24) is 0 Å². The Morgan fingerprint density at radius 3 is 2.17 bits per heavy atom. The van der Waals surface area contributed by atoms with Gasteiger partial charge in [-0.15, -0.1) is 0 Å². The Kier molecular flexibility index (Phi) is 4.43. The van der Waals surface area contributed by atoms with Gasteiger partial charge < -0.3 is 19.0 Å². The van der Waals surface area contributed by atoms with E-state index in [1.54, 1.807) is 0 Å². The van der Waals surface area contributed by atoms with Crippen molar-refractivity contribution in [2.75, 3.05) is 4.90 Å². The molecule has 1 heterocycles. The zero-order chi connectivity index (χ0) is 19.6. The van der Waals surface area contributed by atoms with Crippen LogP contribution >= 0.6 is 0 Å². The van der Waals surface area contributed by atoms with Crippen LogP contribution in [0.2, 0.25) is 0 Å². The molecule has 4 aromatic carbocycles. The van der Waals surface area contributed by atoms with Crippen LogP contribution in [-0.2, 0) is 0 Å². The molecule has 5 aromatic rings. The Morgan fingerprint density at radius 1 is 0.690 bits per heavy atom. The monoisotopic (exact) mass is 379 g/mol.